The molecule has 0 aliphatic heterocycles. The Hall–Kier alpha value is -1.35. The van der Waals surface area contributed by atoms with E-state index < -0.39 is 0 Å². The van der Waals surface area contributed by atoms with Gasteiger partial charge in [-0.3, -0.25) is 0 Å². The average Bonchev–Trinajstić information content (AvgIpc) is 2.39. The Balaban J connectivity index is 2.99. The Labute approximate surface area is 116 Å². The molecule has 3 nitrogen and oxygen atoms in total. The maximum Gasteiger partial charge on any atom is 0.129 e. The number of benzene rings is 1. The lowest BCUT2D eigenvalue weighted by molar-refractivity contribution is -0.117. The molecule has 0 amide bonds. The minimum Gasteiger partial charge on any atom is -0.496 e. The van der Waals surface area contributed by atoms with Crippen molar-refractivity contribution in [3.8, 4) is 5.75 Å². The van der Waals surface area contributed by atoms with Crippen LogP contribution >= 0.6 is 0 Å². The zero-order chi connectivity index (χ0) is 14.4. The highest BCUT2D eigenvalue weighted by molar-refractivity contribution is 5.75. The van der Waals surface area contributed by atoms with Crippen LogP contribution in [0, 0.1) is 0 Å². The molecule has 0 radical (unpaired) electrons. The lowest BCUT2D eigenvalue weighted by atomic mass is 9.95. The molecule has 0 saturated carbocycles. The topological polar surface area (TPSA) is 38.3 Å². The second-order valence-electron chi connectivity index (χ2n) is 5.24. The van der Waals surface area contributed by atoms with E-state index in [1.54, 1.807) is 14.0 Å². The van der Waals surface area contributed by atoms with E-state index in [0.29, 0.717) is 12.3 Å². The molecule has 0 aliphatic carbocycles. The van der Waals surface area contributed by atoms with Gasteiger partial charge in [0.1, 0.15) is 11.5 Å². The van der Waals surface area contributed by atoms with Crippen LogP contribution in [0.25, 0.3) is 0 Å². The third-order valence-electron chi connectivity index (χ3n) is 3.43. The molecule has 19 heavy (non-hydrogen) atoms. The molecule has 1 aromatic carbocycles. The zero-order valence-electron chi connectivity index (χ0n) is 12.6. The van der Waals surface area contributed by atoms with Crippen molar-refractivity contribution < 1.29 is 9.53 Å². The van der Waals surface area contributed by atoms with E-state index in [0.717, 1.165) is 17.7 Å². The second kappa shape index (κ2) is 7.29. The fourth-order valence-electron chi connectivity index (χ4n) is 2.18. The molecule has 1 N–H and O–H groups in total. The normalized spacial score (nSPS) is 12.5. The number of nitrogens with one attached hydrogen (secondary N) is 1. The standard InChI is InChI=1S/C16H25NO2/c1-11(2)13-7-8-14(16(10-13)19-5)15(17-4)9-6-12(3)18/h7-8,10-11,15,17H,6,9H2,1-5H3. The number of hydrogen-bond donors (Lipinski definition) is 1. The number of rotatable bonds is 7. The predicted octanol–water partition coefficient (Wildman–Crippen LogP) is 3.45. The fraction of sp³-hybridized carbons (Fsp3) is 0.562. The van der Waals surface area contributed by atoms with Gasteiger partial charge >= 0.3 is 0 Å². The van der Waals surface area contributed by atoms with E-state index in [4.69, 9.17) is 4.74 Å². The van der Waals surface area contributed by atoms with Gasteiger partial charge in [0.15, 0.2) is 0 Å². The lowest BCUT2D eigenvalue weighted by Crippen LogP contribution is -2.18. The fourth-order valence-corrected chi connectivity index (χ4v) is 2.18. The molecule has 1 aromatic rings. The third-order valence-corrected chi connectivity index (χ3v) is 3.43. The van der Waals surface area contributed by atoms with Gasteiger partial charge in [0.2, 0.25) is 0 Å². The molecule has 0 aromatic heterocycles. The monoisotopic (exact) mass is 263 g/mol. The summed E-state index contributed by atoms with van der Waals surface area (Å²) in [4.78, 5) is 11.1. The summed E-state index contributed by atoms with van der Waals surface area (Å²) in [6.45, 7) is 5.96. The second-order valence-corrected chi connectivity index (χ2v) is 5.24. The van der Waals surface area contributed by atoms with Crippen LogP contribution < -0.4 is 10.1 Å². The van der Waals surface area contributed by atoms with Crippen LogP contribution in [0.5, 0.6) is 5.75 Å². The van der Waals surface area contributed by atoms with Gasteiger partial charge in [-0.15, -0.1) is 0 Å². The first-order chi connectivity index (χ1) is 8.99. The van der Waals surface area contributed by atoms with Gasteiger partial charge in [-0.2, -0.15) is 0 Å². The highest BCUT2D eigenvalue weighted by Gasteiger charge is 2.16. The summed E-state index contributed by atoms with van der Waals surface area (Å²) < 4.78 is 5.50. The van der Waals surface area contributed by atoms with Crippen LogP contribution in [0.4, 0.5) is 0 Å². The summed E-state index contributed by atoms with van der Waals surface area (Å²) in [6, 6.07) is 6.49. The van der Waals surface area contributed by atoms with E-state index in [1.165, 1.54) is 5.56 Å². The van der Waals surface area contributed by atoms with Gasteiger partial charge in [-0.25, -0.2) is 0 Å². The minimum atomic E-state index is 0.153. The first kappa shape index (κ1) is 15.7. The molecule has 1 unspecified atom stereocenters. The summed E-state index contributed by atoms with van der Waals surface area (Å²) in [5.74, 6) is 1.60. The van der Waals surface area contributed by atoms with E-state index in [2.05, 4.69) is 37.4 Å². The molecule has 106 valence electrons. The summed E-state index contributed by atoms with van der Waals surface area (Å²) in [5.41, 5.74) is 2.39. The quantitative estimate of drug-likeness (QED) is 0.819. The Morgan fingerprint density at radius 1 is 1.37 bits per heavy atom. The van der Waals surface area contributed by atoms with Crippen LogP contribution in [0.2, 0.25) is 0 Å². The van der Waals surface area contributed by atoms with Crippen LogP contribution in [0.3, 0.4) is 0 Å². The lowest BCUT2D eigenvalue weighted by Gasteiger charge is -2.20. The van der Waals surface area contributed by atoms with Crippen molar-refractivity contribution >= 4 is 5.78 Å². The SMILES string of the molecule is CNC(CCC(C)=O)c1ccc(C(C)C)cc1OC. The summed E-state index contributed by atoms with van der Waals surface area (Å²) in [6.07, 6.45) is 1.38. The van der Waals surface area contributed by atoms with Gasteiger partial charge in [0, 0.05) is 18.0 Å². The van der Waals surface area contributed by atoms with E-state index in [1.807, 2.05) is 7.05 Å². The molecule has 0 fully saturated rings. The van der Waals surface area contributed by atoms with Crippen LogP contribution in [0.1, 0.15) is 56.7 Å². The Bertz CT molecular complexity index is 427. The summed E-state index contributed by atoms with van der Waals surface area (Å²) in [5, 5.41) is 3.26. The van der Waals surface area contributed by atoms with Gasteiger partial charge in [-0.1, -0.05) is 26.0 Å². The minimum absolute atomic E-state index is 0.153. The van der Waals surface area contributed by atoms with Crippen molar-refractivity contribution in [3.63, 3.8) is 0 Å². The number of methoxy groups -OCH3 is 1. The number of Topliss-reactive ketones (excluding diaryl/α,β-unsaturated/α-hetero) is 1. The van der Waals surface area contributed by atoms with Gasteiger partial charge in [-0.05, 0) is 37.9 Å². The van der Waals surface area contributed by atoms with Crippen molar-refractivity contribution in [3.05, 3.63) is 29.3 Å². The largest absolute Gasteiger partial charge is 0.496 e. The maximum atomic E-state index is 11.1. The summed E-state index contributed by atoms with van der Waals surface area (Å²) >= 11 is 0. The molecule has 1 atom stereocenters. The first-order valence-electron chi connectivity index (χ1n) is 6.84. The molecular formula is C16H25NO2. The molecular weight excluding hydrogens is 238 g/mol. The van der Waals surface area contributed by atoms with E-state index in [9.17, 15) is 4.79 Å². The number of carbonyl (C=O) groups is 1. The van der Waals surface area contributed by atoms with Gasteiger partial charge in [0.05, 0.1) is 7.11 Å². The Morgan fingerprint density at radius 2 is 2.05 bits per heavy atom. The number of hydrogen-bond acceptors (Lipinski definition) is 3. The molecule has 1 rings (SSSR count). The van der Waals surface area contributed by atoms with E-state index in [-0.39, 0.29) is 11.8 Å². The van der Waals surface area contributed by atoms with Crippen molar-refractivity contribution in [1.82, 2.24) is 5.32 Å². The average molecular weight is 263 g/mol. The number of ether oxygens (including phenoxy) is 1. The molecule has 3 heteroatoms. The number of ketones is 1. The highest BCUT2D eigenvalue weighted by atomic mass is 16.5. The molecule has 0 aliphatic rings. The smallest absolute Gasteiger partial charge is 0.129 e. The Morgan fingerprint density at radius 3 is 2.53 bits per heavy atom. The molecule has 0 spiro atoms. The van der Waals surface area contributed by atoms with E-state index >= 15 is 0 Å². The molecule has 0 bridgehead atoms. The van der Waals surface area contributed by atoms with Gasteiger partial charge < -0.3 is 14.8 Å². The maximum absolute atomic E-state index is 11.1. The van der Waals surface area contributed by atoms with Crippen molar-refractivity contribution in [2.24, 2.45) is 0 Å². The number of carbonyl (C=O) groups excluding carboxylic acids is 1. The third kappa shape index (κ3) is 4.35. The zero-order valence-corrected chi connectivity index (χ0v) is 12.6. The van der Waals surface area contributed by atoms with Crippen LogP contribution in [-0.4, -0.2) is 19.9 Å². The molecule has 0 heterocycles. The van der Waals surface area contributed by atoms with Gasteiger partial charge in [0.25, 0.3) is 0 Å². The molecule has 0 saturated heterocycles. The van der Waals surface area contributed by atoms with Crippen molar-refractivity contribution in [2.75, 3.05) is 14.2 Å². The van der Waals surface area contributed by atoms with Crippen LogP contribution in [-0.2, 0) is 4.79 Å². The predicted molar refractivity (Wildman–Crippen MR) is 78.8 cm³/mol. The van der Waals surface area contributed by atoms with Crippen molar-refractivity contribution in [1.29, 1.82) is 0 Å². The van der Waals surface area contributed by atoms with Crippen molar-refractivity contribution in [2.45, 2.75) is 45.6 Å². The first-order valence-corrected chi connectivity index (χ1v) is 6.84. The Kier molecular flexibility index (Phi) is 6.03. The summed E-state index contributed by atoms with van der Waals surface area (Å²) in [7, 11) is 3.61. The van der Waals surface area contributed by atoms with Crippen LogP contribution in [0.15, 0.2) is 18.2 Å². The highest BCUT2D eigenvalue weighted by Crippen LogP contribution is 2.31.